The molecule has 2 aromatic rings. The standard InChI is InChI=1S/C22H25Cl2N3O6/c1-6-32-17-9-8-15(12-18(17)33-7-2)27(24)22(29)20(13(3)28)26-25-16-10-14(23)11-19(30-4)21(16)31-5/h8-12,20H,6-7H2,1-5H3. The van der Waals surface area contributed by atoms with Gasteiger partial charge in [0.1, 0.15) is 5.69 Å². The SMILES string of the molecule is CCOc1ccc(N(Cl)C(=O)C(N=Nc2cc(Cl)cc(OC)c2OC)C(C)=O)cc1OCC. The summed E-state index contributed by atoms with van der Waals surface area (Å²) in [5.41, 5.74) is 0.457. The van der Waals surface area contributed by atoms with E-state index in [1.54, 1.807) is 18.2 Å². The van der Waals surface area contributed by atoms with Crippen molar-refractivity contribution < 1.29 is 28.5 Å². The fourth-order valence-corrected chi connectivity index (χ4v) is 3.21. The summed E-state index contributed by atoms with van der Waals surface area (Å²) in [6, 6.07) is 6.23. The highest BCUT2D eigenvalue weighted by atomic mass is 35.5. The van der Waals surface area contributed by atoms with E-state index < -0.39 is 17.7 Å². The summed E-state index contributed by atoms with van der Waals surface area (Å²) < 4.78 is 22.4. The normalized spacial score (nSPS) is 11.7. The molecule has 0 aliphatic rings. The summed E-state index contributed by atoms with van der Waals surface area (Å²) in [5.74, 6) is 0.126. The molecule has 0 radical (unpaired) electrons. The van der Waals surface area contributed by atoms with Crippen LogP contribution in [0.5, 0.6) is 23.0 Å². The molecule has 0 saturated heterocycles. The number of halogens is 2. The Hall–Kier alpha value is -3.04. The molecular weight excluding hydrogens is 473 g/mol. The predicted octanol–water partition coefficient (Wildman–Crippen LogP) is 5.38. The summed E-state index contributed by atoms with van der Waals surface area (Å²) in [6.45, 7) is 5.69. The number of amides is 1. The third kappa shape index (κ3) is 6.49. The van der Waals surface area contributed by atoms with Crippen LogP contribution in [0, 0.1) is 0 Å². The van der Waals surface area contributed by atoms with Crippen molar-refractivity contribution in [2.24, 2.45) is 10.2 Å². The Kier molecular flexibility index (Phi) is 9.74. The van der Waals surface area contributed by atoms with Gasteiger partial charge in [0.2, 0.25) is 6.04 Å². The number of anilines is 1. The second kappa shape index (κ2) is 12.3. The van der Waals surface area contributed by atoms with Gasteiger partial charge < -0.3 is 18.9 Å². The van der Waals surface area contributed by atoms with Crippen LogP contribution in [0.2, 0.25) is 5.02 Å². The number of carbonyl (C=O) groups excluding carboxylic acids is 2. The number of ketones is 1. The van der Waals surface area contributed by atoms with Gasteiger partial charge >= 0.3 is 0 Å². The molecule has 0 fully saturated rings. The van der Waals surface area contributed by atoms with Crippen molar-refractivity contribution in [2.45, 2.75) is 26.8 Å². The van der Waals surface area contributed by atoms with Gasteiger partial charge in [0, 0.05) is 28.9 Å². The molecule has 178 valence electrons. The number of nitrogens with zero attached hydrogens (tertiary/aromatic N) is 3. The number of carbonyl (C=O) groups is 2. The van der Waals surface area contributed by atoms with Crippen LogP contribution >= 0.6 is 23.4 Å². The van der Waals surface area contributed by atoms with Gasteiger partial charge in [-0.15, -0.1) is 0 Å². The van der Waals surface area contributed by atoms with Crippen LogP contribution in [0.3, 0.4) is 0 Å². The van der Waals surface area contributed by atoms with Gasteiger partial charge in [-0.25, -0.2) is 4.42 Å². The Labute approximate surface area is 202 Å². The number of methoxy groups -OCH3 is 2. The number of benzene rings is 2. The molecule has 0 spiro atoms. The molecule has 0 heterocycles. The smallest absolute Gasteiger partial charge is 0.276 e. The van der Waals surface area contributed by atoms with Gasteiger partial charge in [-0.05, 0) is 39.0 Å². The number of hydrogen-bond acceptors (Lipinski definition) is 8. The first kappa shape index (κ1) is 26.2. The summed E-state index contributed by atoms with van der Waals surface area (Å²) in [7, 11) is 2.86. The molecule has 1 atom stereocenters. The molecule has 1 amide bonds. The molecule has 9 nitrogen and oxygen atoms in total. The zero-order valence-electron chi connectivity index (χ0n) is 18.9. The first-order chi connectivity index (χ1) is 15.8. The maximum Gasteiger partial charge on any atom is 0.276 e. The second-order valence-corrected chi connectivity index (χ2v) is 7.28. The Balaban J connectivity index is 2.37. The average Bonchev–Trinajstić information content (AvgIpc) is 2.79. The van der Waals surface area contributed by atoms with E-state index in [4.69, 9.17) is 42.3 Å². The minimum absolute atomic E-state index is 0.182. The van der Waals surface area contributed by atoms with Crippen LogP contribution in [0.4, 0.5) is 11.4 Å². The van der Waals surface area contributed by atoms with Crippen LogP contribution in [-0.2, 0) is 9.59 Å². The van der Waals surface area contributed by atoms with E-state index in [1.165, 1.54) is 33.3 Å². The van der Waals surface area contributed by atoms with Crippen LogP contribution in [0.25, 0.3) is 0 Å². The van der Waals surface area contributed by atoms with E-state index in [2.05, 4.69) is 10.2 Å². The van der Waals surface area contributed by atoms with Gasteiger partial charge in [0.15, 0.2) is 28.8 Å². The van der Waals surface area contributed by atoms with E-state index in [-0.39, 0.29) is 17.1 Å². The predicted molar refractivity (Wildman–Crippen MR) is 126 cm³/mol. The summed E-state index contributed by atoms with van der Waals surface area (Å²) in [6.07, 6.45) is 0. The third-order valence-electron chi connectivity index (χ3n) is 4.27. The van der Waals surface area contributed by atoms with Crippen LogP contribution < -0.4 is 23.4 Å². The van der Waals surface area contributed by atoms with Gasteiger partial charge in [0.05, 0.1) is 33.1 Å². The largest absolute Gasteiger partial charge is 0.493 e. The molecule has 0 aromatic heterocycles. The van der Waals surface area contributed by atoms with E-state index >= 15 is 0 Å². The summed E-state index contributed by atoms with van der Waals surface area (Å²) in [5, 5.41) is 8.24. The minimum Gasteiger partial charge on any atom is -0.493 e. The molecular formula is C22H25Cl2N3O6. The maximum absolute atomic E-state index is 13.0. The number of rotatable bonds is 11. The molecule has 0 aliphatic carbocycles. The van der Waals surface area contributed by atoms with E-state index in [0.717, 1.165) is 4.42 Å². The van der Waals surface area contributed by atoms with Crippen molar-refractivity contribution in [1.82, 2.24) is 0 Å². The summed E-state index contributed by atoms with van der Waals surface area (Å²) >= 11 is 12.4. The topological polar surface area (TPSA) is 99.0 Å². The first-order valence-electron chi connectivity index (χ1n) is 9.99. The Morgan fingerprint density at radius 1 is 1.00 bits per heavy atom. The van der Waals surface area contributed by atoms with E-state index in [9.17, 15) is 9.59 Å². The molecule has 33 heavy (non-hydrogen) atoms. The maximum atomic E-state index is 13.0. The van der Waals surface area contributed by atoms with E-state index in [1.807, 2.05) is 13.8 Å². The fraction of sp³-hybridized carbons (Fsp3) is 0.364. The average molecular weight is 498 g/mol. The number of hydrogen-bond donors (Lipinski definition) is 0. The lowest BCUT2D eigenvalue weighted by molar-refractivity contribution is -0.126. The lowest BCUT2D eigenvalue weighted by atomic mass is 10.2. The Morgan fingerprint density at radius 3 is 2.24 bits per heavy atom. The highest BCUT2D eigenvalue weighted by Gasteiger charge is 2.29. The van der Waals surface area contributed by atoms with Gasteiger partial charge in [-0.3, -0.25) is 9.59 Å². The molecule has 0 N–H and O–H groups in total. The third-order valence-corrected chi connectivity index (χ3v) is 4.85. The number of ether oxygens (including phenoxy) is 4. The molecule has 0 bridgehead atoms. The molecule has 2 aromatic carbocycles. The number of azo groups is 1. The van der Waals surface area contributed by atoms with Crippen molar-refractivity contribution in [3.63, 3.8) is 0 Å². The zero-order valence-corrected chi connectivity index (χ0v) is 20.4. The number of Topliss-reactive ketones (excluding diaryl/α,β-unsaturated/α-hetero) is 1. The molecule has 1 unspecified atom stereocenters. The molecule has 11 heteroatoms. The van der Waals surface area contributed by atoms with Crippen molar-refractivity contribution in [3.05, 3.63) is 35.4 Å². The first-order valence-corrected chi connectivity index (χ1v) is 10.7. The van der Waals surface area contributed by atoms with Crippen LogP contribution in [-0.4, -0.2) is 45.2 Å². The monoisotopic (exact) mass is 497 g/mol. The van der Waals surface area contributed by atoms with Crippen LogP contribution in [0.15, 0.2) is 40.6 Å². The second-order valence-electron chi connectivity index (χ2n) is 6.51. The van der Waals surface area contributed by atoms with Gasteiger partial charge in [-0.1, -0.05) is 11.6 Å². The highest BCUT2D eigenvalue weighted by Crippen LogP contribution is 2.40. The van der Waals surface area contributed by atoms with Crippen LogP contribution in [0.1, 0.15) is 20.8 Å². The molecule has 0 saturated carbocycles. The zero-order chi connectivity index (χ0) is 24.5. The van der Waals surface area contributed by atoms with Crippen molar-refractivity contribution in [2.75, 3.05) is 31.9 Å². The van der Waals surface area contributed by atoms with E-state index in [0.29, 0.717) is 35.5 Å². The Morgan fingerprint density at radius 2 is 1.67 bits per heavy atom. The lowest BCUT2D eigenvalue weighted by Crippen LogP contribution is -2.36. The van der Waals surface area contributed by atoms with Crippen molar-refractivity contribution in [3.8, 4) is 23.0 Å². The molecule has 0 aliphatic heterocycles. The van der Waals surface area contributed by atoms with Crippen molar-refractivity contribution >= 4 is 46.4 Å². The molecule has 2 rings (SSSR count). The van der Waals surface area contributed by atoms with Crippen molar-refractivity contribution in [1.29, 1.82) is 0 Å². The fourth-order valence-electron chi connectivity index (χ4n) is 2.81. The summed E-state index contributed by atoms with van der Waals surface area (Å²) in [4.78, 5) is 25.2. The quantitative estimate of drug-likeness (QED) is 0.234. The van der Waals surface area contributed by atoms with Gasteiger partial charge in [-0.2, -0.15) is 10.2 Å². The Bertz CT molecular complexity index is 1030. The highest BCUT2D eigenvalue weighted by molar-refractivity contribution is 6.39. The van der Waals surface area contributed by atoms with Gasteiger partial charge in [0.25, 0.3) is 5.91 Å². The minimum atomic E-state index is -1.50. The lowest BCUT2D eigenvalue weighted by Gasteiger charge is -2.19.